The monoisotopic (exact) mass is 380 g/mol. The van der Waals surface area contributed by atoms with Crippen LogP contribution in [0.3, 0.4) is 0 Å². The van der Waals surface area contributed by atoms with Gasteiger partial charge < -0.3 is 9.84 Å². The van der Waals surface area contributed by atoms with Crippen LogP contribution in [0.4, 0.5) is 0 Å². The van der Waals surface area contributed by atoms with Gasteiger partial charge in [0.15, 0.2) is 0 Å². The zero-order valence-electron chi connectivity index (χ0n) is 14.9. The molecule has 1 aromatic rings. The summed E-state index contributed by atoms with van der Waals surface area (Å²) in [5.74, 6) is 2.33. The molecule has 3 aliphatic rings. The molecule has 0 spiro atoms. The van der Waals surface area contributed by atoms with Crippen LogP contribution in [0.15, 0.2) is 18.2 Å². The molecule has 0 aromatic heterocycles. The molecule has 2 bridgehead atoms. The van der Waals surface area contributed by atoms with E-state index in [1.807, 2.05) is 0 Å². The molecule has 3 aliphatic carbocycles. The largest absolute Gasteiger partial charge is 1.00 e. The third kappa shape index (κ3) is 5.77. The summed E-state index contributed by atoms with van der Waals surface area (Å²) in [7, 11) is -1.95. The van der Waals surface area contributed by atoms with Crippen LogP contribution in [-0.2, 0) is 15.5 Å². The fourth-order valence-corrected chi connectivity index (χ4v) is 3.72. The number of methoxy groups -OCH3 is 1. The topological polar surface area (TPSA) is 83.8 Å². The Morgan fingerprint density at radius 2 is 1.83 bits per heavy atom. The third-order valence-corrected chi connectivity index (χ3v) is 4.91. The number of fused-ring (bicyclic) bond motifs is 3. The Bertz CT molecular complexity index is 643. The number of ether oxygens (including phenoxy) is 1. The second-order valence-corrected chi connectivity index (χ2v) is 8.04. The van der Waals surface area contributed by atoms with Gasteiger partial charge in [-0.25, -0.2) is 0 Å². The molecule has 0 saturated heterocycles. The maximum atomic E-state index is 10.1. The van der Waals surface area contributed by atoms with Gasteiger partial charge in [0.2, 0.25) is 0 Å². The Labute approximate surface area is 187 Å². The molecule has 1 aromatic carbocycles. The van der Waals surface area contributed by atoms with Crippen LogP contribution in [0.2, 0.25) is 0 Å². The number of benzene rings is 1. The Balaban J connectivity index is 0.000000425. The van der Waals surface area contributed by atoms with Crippen molar-refractivity contribution in [2.24, 2.45) is 0 Å². The maximum absolute atomic E-state index is 10.1. The van der Waals surface area contributed by atoms with E-state index in [1.165, 1.54) is 29.9 Å². The van der Waals surface area contributed by atoms with E-state index in [-0.39, 0.29) is 62.9 Å². The summed E-state index contributed by atoms with van der Waals surface area (Å²) in [4.78, 5) is 0. The van der Waals surface area contributed by atoms with Crippen molar-refractivity contribution in [1.82, 2.24) is 0 Å². The number of aliphatic hydroxyl groups is 1. The van der Waals surface area contributed by atoms with E-state index in [4.69, 9.17) is 9.29 Å². The molecule has 1 unspecified atom stereocenters. The Hall–Kier alpha value is 0.526. The summed E-state index contributed by atoms with van der Waals surface area (Å²) >= 11 is 0. The predicted molar refractivity (Wildman–Crippen MR) is 89.2 cm³/mol. The van der Waals surface area contributed by atoms with Crippen LogP contribution < -0.4 is 56.1 Å². The molecule has 0 amide bonds. The third-order valence-electron chi connectivity index (χ3n) is 4.91. The van der Waals surface area contributed by atoms with Crippen LogP contribution in [0, 0.1) is 12.8 Å². The first kappa shape index (κ1) is 22.6. The second kappa shape index (κ2) is 8.95. The summed E-state index contributed by atoms with van der Waals surface area (Å²) in [6.45, 7) is 2.10. The van der Waals surface area contributed by atoms with Crippen molar-refractivity contribution in [2.45, 2.75) is 50.5 Å². The Kier molecular flexibility index (Phi) is 8.41. The molecule has 24 heavy (non-hydrogen) atoms. The first-order chi connectivity index (χ1) is 10.6. The van der Waals surface area contributed by atoms with Crippen molar-refractivity contribution in [3.8, 4) is 5.75 Å². The van der Waals surface area contributed by atoms with E-state index in [0.717, 1.165) is 25.0 Å². The van der Waals surface area contributed by atoms with E-state index in [9.17, 15) is 13.5 Å². The Morgan fingerprint density at radius 1 is 1.29 bits per heavy atom. The second-order valence-electron chi connectivity index (χ2n) is 6.58. The number of hydrogen-bond donors (Lipinski definition) is 2. The fraction of sp³-hybridized carbons (Fsp3) is 0.588. The Morgan fingerprint density at radius 3 is 2.25 bits per heavy atom. The molecule has 0 aliphatic heterocycles. The van der Waals surface area contributed by atoms with Crippen LogP contribution in [-0.4, -0.2) is 37.5 Å². The van der Waals surface area contributed by atoms with Crippen molar-refractivity contribution < 1.29 is 74.2 Å². The molecule has 5 nitrogen and oxygen atoms in total. The van der Waals surface area contributed by atoms with Gasteiger partial charge in [-0.2, -0.15) is 21.3 Å². The molecule has 3 saturated carbocycles. The summed E-state index contributed by atoms with van der Waals surface area (Å²) in [6.07, 6.45) is 6.06. The van der Waals surface area contributed by atoms with Crippen LogP contribution in [0.1, 0.15) is 43.2 Å². The summed E-state index contributed by atoms with van der Waals surface area (Å²) in [5, 5.41) is 10.1. The summed E-state index contributed by atoms with van der Waals surface area (Å²) < 4.78 is 31.2. The van der Waals surface area contributed by atoms with Gasteiger partial charge in [-0.3, -0.25) is 10.5 Å². The van der Waals surface area contributed by atoms with Crippen molar-refractivity contribution in [2.75, 3.05) is 13.4 Å². The molecular weight excluding hydrogens is 355 g/mol. The van der Waals surface area contributed by atoms with Crippen LogP contribution in [0.5, 0.6) is 5.75 Å². The first-order valence-corrected chi connectivity index (χ1v) is 9.60. The zero-order chi connectivity index (χ0) is 17.3. The smallest absolute Gasteiger partial charge is 0.496 e. The van der Waals surface area contributed by atoms with Gasteiger partial charge in [0, 0.05) is 0 Å². The molecule has 3 fully saturated rings. The van der Waals surface area contributed by atoms with Crippen molar-refractivity contribution >= 4 is 10.1 Å². The standard InChI is InChI=1S/C16H21O2.CH4O3S.K/c1-11-9-13(3-4-15(11)18-2)16-7-5-12(6-8-16)14(17)10-16;1-5(2,3)4;/h3-4,9,14,17H,5-8,10H2,1-2H3;1H3,(H,2,3,4);/q-1;;+1. The van der Waals surface area contributed by atoms with Crippen LogP contribution >= 0.6 is 0 Å². The molecule has 2 N–H and O–H groups in total. The van der Waals surface area contributed by atoms with E-state index in [2.05, 4.69) is 25.1 Å². The van der Waals surface area contributed by atoms with Crippen molar-refractivity contribution in [1.29, 1.82) is 0 Å². The van der Waals surface area contributed by atoms with E-state index < -0.39 is 10.1 Å². The summed E-state index contributed by atoms with van der Waals surface area (Å²) in [5.41, 5.74) is 2.79. The number of hydrogen-bond acceptors (Lipinski definition) is 4. The summed E-state index contributed by atoms with van der Waals surface area (Å²) in [6, 6.07) is 6.51. The number of rotatable bonds is 2. The van der Waals surface area contributed by atoms with Crippen molar-refractivity contribution in [3.05, 3.63) is 35.2 Å². The number of aliphatic hydroxyl groups excluding tert-OH is 1. The van der Waals surface area contributed by atoms with Gasteiger partial charge in [0.25, 0.3) is 10.1 Å². The quantitative estimate of drug-likeness (QED) is 0.417. The molecular formula is C17H25KO5S. The first-order valence-electron chi connectivity index (χ1n) is 7.75. The van der Waals surface area contributed by atoms with Gasteiger partial charge in [-0.15, -0.1) is 0 Å². The molecule has 130 valence electrons. The van der Waals surface area contributed by atoms with Gasteiger partial charge in [0.1, 0.15) is 5.75 Å². The van der Waals surface area contributed by atoms with Gasteiger partial charge in [-0.1, -0.05) is 31.1 Å². The van der Waals surface area contributed by atoms with Gasteiger partial charge >= 0.3 is 51.4 Å². The van der Waals surface area contributed by atoms with Gasteiger partial charge in [0.05, 0.1) is 13.4 Å². The average Bonchev–Trinajstić information content (AvgIpc) is 2.46. The molecule has 0 heterocycles. The minimum atomic E-state index is -3.67. The van der Waals surface area contributed by atoms with E-state index in [0.29, 0.717) is 6.26 Å². The SMILES string of the molecule is COc1ccc(C23CC[C-](CC2)C(O)C3)cc1C.CS(=O)(=O)O.[K+]. The molecule has 0 radical (unpaired) electrons. The fourth-order valence-electron chi connectivity index (χ4n) is 3.72. The number of aryl methyl sites for hydroxylation is 1. The average molecular weight is 381 g/mol. The van der Waals surface area contributed by atoms with E-state index >= 15 is 0 Å². The minimum absolute atomic E-state index is 0. The molecule has 7 heteroatoms. The molecule has 1 atom stereocenters. The predicted octanol–water partition coefficient (Wildman–Crippen LogP) is -0.337. The van der Waals surface area contributed by atoms with Gasteiger partial charge in [-0.05, 0) is 36.0 Å². The van der Waals surface area contributed by atoms with E-state index in [1.54, 1.807) is 7.11 Å². The van der Waals surface area contributed by atoms with Crippen molar-refractivity contribution in [3.63, 3.8) is 0 Å². The van der Waals surface area contributed by atoms with Crippen LogP contribution in [0.25, 0.3) is 0 Å². The minimum Gasteiger partial charge on any atom is -0.496 e. The normalized spacial score (nSPS) is 26.1. The molecule has 4 rings (SSSR count). The maximum Gasteiger partial charge on any atom is 1.00 e. The zero-order valence-corrected chi connectivity index (χ0v) is 18.8.